The fraction of sp³-hybridized carbons (Fsp3) is 0.500. The van der Waals surface area contributed by atoms with Crippen molar-refractivity contribution >= 4 is 17.7 Å². The molecule has 0 aliphatic heterocycles. The second-order valence-corrected chi connectivity index (χ2v) is 9.10. The molecular formula is C26H35N3O5. The third-order valence-electron chi connectivity index (χ3n) is 6.08. The van der Waals surface area contributed by atoms with Crippen LogP contribution in [-0.2, 0) is 9.59 Å². The zero-order valence-corrected chi connectivity index (χ0v) is 20.2. The first-order valence-corrected chi connectivity index (χ1v) is 11.9. The molecule has 8 heteroatoms. The molecule has 2 N–H and O–H groups in total. The average molecular weight is 470 g/mol. The van der Waals surface area contributed by atoms with Crippen molar-refractivity contribution in [2.24, 2.45) is 5.92 Å². The summed E-state index contributed by atoms with van der Waals surface area (Å²) >= 11 is 0. The molecule has 1 atom stereocenters. The molecule has 3 rings (SSSR count). The third-order valence-corrected chi connectivity index (χ3v) is 6.08. The molecule has 0 bridgehead atoms. The molecule has 1 fully saturated rings. The summed E-state index contributed by atoms with van der Waals surface area (Å²) in [5.74, 6) is 0.0420. The van der Waals surface area contributed by atoms with Crippen LogP contribution in [0.4, 0.5) is 0 Å². The lowest BCUT2D eigenvalue weighted by Gasteiger charge is -2.33. The number of carbonyl (C=O) groups excluding carboxylic acids is 3. The first-order valence-electron chi connectivity index (χ1n) is 11.9. The molecule has 0 spiro atoms. The Bertz CT molecular complexity index is 951. The van der Waals surface area contributed by atoms with Gasteiger partial charge in [0, 0.05) is 12.6 Å². The Kier molecular flexibility index (Phi) is 9.13. The van der Waals surface area contributed by atoms with Gasteiger partial charge in [0.15, 0.2) is 5.76 Å². The van der Waals surface area contributed by atoms with E-state index in [1.54, 1.807) is 30.2 Å². The van der Waals surface area contributed by atoms with Crippen molar-refractivity contribution in [3.05, 3.63) is 54.0 Å². The Labute approximate surface area is 201 Å². The topological polar surface area (TPSA) is 101 Å². The van der Waals surface area contributed by atoms with Gasteiger partial charge in [-0.15, -0.1) is 0 Å². The summed E-state index contributed by atoms with van der Waals surface area (Å²) in [7, 11) is 1.57. The molecule has 8 nitrogen and oxygen atoms in total. The second-order valence-electron chi connectivity index (χ2n) is 9.10. The molecule has 0 radical (unpaired) electrons. The smallest absolute Gasteiger partial charge is 0.287 e. The Morgan fingerprint density at radius 1 is 1.15 bits per heavy atom. The highest BCUT2D eigenvalue weighted by atomic mass is 16.5. The number of rotatable bonds is 11. The van der Waals surface area contributed by atoms with Gasteiger partial charge in [0.1, 0.15) is 11.8 Å². The Morgan fingerprint density at radius 2 is 1.91 bits per heavy atom. The summed E-state index contributed by atoms with van der Waals surface area (Å²) in [6.45, 7) is 4.28. The molecular weight excluding hydrogens is 434 g/mol. The van der Waals surface area contributed by atoms with E-state index < -0.39 is 11.9 Å². The van der Waals surface area contributed by atoms with Crippen LogP contribution in [-0.4, -0.2) is 48.9 Å². The van der Waals surface area contributed by atoms with Gasteiger partial charge in [-0.25, -0.2) is 0 Å². The lowest BCUT2D eigenvalue weighted by molar-refractivity contribution is -0.140. The minimum absolute atomic E-state index is 0.112. The minimum Gasteiger partial charge on any atom is -0.497 e. The maximum absolute atomic E-state index is 13.6. The number of hydrogen-bond acceptors (Lipinski definition) is 5. The van der Waals surface area contributed by atoms with Crippen molar-refractivity contribution in [1.82, 2.24) is 15.5 Å². The van der Waals surface area contributed by atoms with Crippen LogP contribution < -0.4 is 15.4 Å². The van der Waals surface area contributed by atoms with Crippen LogP contribution in [0.3, 0.4) is 0 Å². The largest absolute Gasteiger partial charge is 0.497 e. The number of methoxy groups -OCH3 is 1. The number of carbonyl (C=O) groups is 3. The summed E-state index contributed by atoms with van der Waals surface area (Å²) in [4.78, 5) is 40.9. The SMILES string of the molecule is COc1cccc(C(C(=O)NC2CCCC2)N(CCC(C)C)C(=O)CNC(=O)c2ccco2)c1. The zero-order valence-electron chi connectivity index (χ0n) is 20.2. The molecule has 2 aromatic rings. The van der Waals surface area contributed by atoms with Gasteiger partial charge in [-0.2, -0.15) is 0 Å². The maximum atomic E-state index is 13.6. The van der Waals surface area contributed by atoms with Crippen LogP contribution in [0.2, 0.25) is 0 Å². The lowest BCUT2D eigenvalue weighted by atomic mass is 10.0. The predicted octanol–water partition coefficient (Wildman–Crippen LogP) is 3.69. The summed E-state index contributed by atoms with van der Waals surface area (Å²) in [6, 6.07) is 9.66. The van der Waals surface area contributed by atoms with Gasteiger partial charge in [-0.1, -0.05) is 38.8 Å². The molecule has 1 aromatic carbocycles. The van der Waals surface area contributed by atoms with Crippen molar-refractivity contribution in [2.75, 3.05) is 20.2 Å². The number of furan rings is 1. The van der Waals surface area contributed by atoms with Crippen molar-refractivity contribution in [3.63, 3.8) is 0 Å². The number of amides is 3. The van der Waals surface area contributed by atoms with Gasteiger partial charge in [0.2, 0.25) is 11.8 Å². The van der Waals surface area contributed by atoms with Gasteiger partial charge >= 0.3 is 0 Å². The number of benzene rings is 1. The van der Waals surface area contributed by atoms with Crippen LogP contribution >= 0.6 is 0 Å². The number of hydrogen-bond donors (Lipinski definition) is 2. The monoisotopic (exact) mass is 469 g/mol. The predicted molar refractivity (Wildman–Crippen MR) is 128 cm³/mol. The van der Waals surface area contributed by atoms with Crippen molar-refractivity contribution < 1.29 is 23.5 Å². The molecule has 184 valence electrons. The normalized spacial score (nSPS) is 14.6. The fourth-order valence-electron chi connectivity index (χ4n) is 4.18. The van der Waals surface area contributed by atoms with E-state index in [-0.39, 0.29) is 30.2 Å². The van der Waals surface area contributed by atoms with E-state index in [9.17, 15) is 14.4 Å². The highest BCUT2D eigenvalue weighted by Crippen LogP contribution is 2.27. The quantitative estimate of drug-likeness (QED) is 0.523. The zero-order chi connectivity index (χ0) is 24.5. The first kappa shape index (κ1) is 25.3. The third kappa shape index (κ3) is 6.85. The second kappa shape index (κ2) is 12.3. The van der Waals surface area contributed by atoms with Gasteiger partial charge < -0.3 is 24.7 Å². The Balaban J connectivity index is 1.86. The molecule has 1 heterocycles. The average Bonchev–Trinajstić information content (AvgIpc) is 3.54. The number of ether oxygens (including phenoxy) is 1. The van der Waals surface area contributed by atoms with Gasteiger partial charge in [-0.05, 0) is 55.0 Å². The van der Waals surface area contributed by atoms with Gasteiger partial charge in [-0.3, -0.25) is 14.4 Å². The summed E-state index contributed by atoms with van der Waals surface area (Å²) < 4.78 is 10.5. The van der Waals surface area contributed by atoms with Crippen molar-refractivity contribution in [1.29, 1.82) is 0 Å². The molecule has 34 heavy (non-hydrogen) atoms. The maximum Gasteiger partial charge on any atom is 0.287 e. The Hall–Kier alpha value is -3.29. The molecule has 3 amide bonds. The van der Waals surface area contributed by atoms with Crippen molar-refractivity contribution in [2.45, 2.75) is 58.0 Å². The molecule has 1 aromatic heterocycles. The van der Waals surface area contributed by atoms with E-state index in [1.165, 1.54) is 12.3 Å². The van der Waals surface area contributed by atoms with Gasteiger partial charge in [0.05, 0.1) is 19.9 Å². The van der Waals surface area contributed by atoms with Crippen molar-refractivity contribution in [3.8, 4) is 5.75 Å². The van der Waals surface area contributed by atoms with Crippen LogP contribution in [0.15, 0.2) is 47.1 Å². The highest BCUT2D eigenvalue weighted by molar-refractivity contribution is 5.95. The van der Waals surface area contributed by atoms with Gasteiger partial charge in [0.25, 0.3) is 5.91 Å². The molecule has 1 aliphatic carbocycles. The molecule has 1 saturated carbocycles. The van der Waals surface area contributed by atoms with E-state index in [1.807, 2.05) is 12.1 Å². The highest BCUT2D eigenvalue weighted by Gasteiger charge is 2.33. The lowest BCUT2D eigenvalue weighted by Crippen LogP contribution is -2.49. The summed E-state index contributed by atoms with van der Waals surface area (Å²) in [5, 5.41) is 5.76. The summed E-state index contributed by atoms with van der Waals surface area (Å²) in [6.07, 6.45) is 6.17. The van der Waals surface area contributed by atoms with E-state index in [2.05, 4.69) is 24.5 Å². The fourth-order valence-corrected chi connectivity index (χ4v) is 4.18. The molecule has 0 saturated heterocycles. The standard InChI is InChI=1S/C26H35N3O5/c1-18(2)13-14-29(23(30)17-27-25(31)22-12-7-15-34-22)24(19-8-6-11-21(16-19)33-3)26(32)28-20-9-4-5-10-20/h6-8,11-12,15-16,18,20,24H,4-5,9-10,13-14,17H2,1-3H3,(H,27,31)(H,28,32). The minimum atomic E-state index is -0.831. The van der Waals surface area contributed by atoms with Crippen LogP contribution in [0.25, 0.3) is 0 Å². The number of nitrogens with one attached hydrogen (secondary N) is 2. The van der Waals surface area contributed by atoms with E-state index in [0.29, 0.717) is 23.8 Å². The van der Waals surface area contributed by atoms with E-state index in [0.717, 1.165) is 32.1 Å². The first-order chi connectivity index (χ1) is 16.4. The van der Waals surface area contributed by atoms with Crippen LogP contribution in [0, 0.1) is 5.92 Å². The Morgan fingerprint density at radius 3 is 2.56 bits per heavy atom. The van der Waals surface area contributed by atoms with Crippen LogP contribution in [0.1, 0.15) is 68.1 Å². The van der Waals surface area contributed by atoms with E-state index in [4.69, 9.17) is 9.15 Å². The van der Waals surface area contributed by atoms with Crippen LogP contribution in [0.5, 0.6) is 5.75 Å². The summed E-state index contributed by atoms with van der Waals surface area (Å²) in [5.41, 5.74) is 0.671. The van der Waals surface area contributed by atoms with E-state index >= 15 is 0 Å². The number of nitrogens with zero attached hydrogens (tertiary/aromatic N) is 1. The molecule has 1 aliphatic rings. The molecule has 1 unspecified atom stereocenters.